The first-order chi connectivity index (χ1) is 15.3. The van der Waals surface area contributed by atoms with Gasteiger partial charge in [0.05, 0.1) is 7.11 Å². The van der Waals surface area contributed by atoms with Gasteiger partial charge >= 0.3 is 6.16 Å². The Morgan fingerprint density at radius 2 is 1.64 bits per heavy atom. The van der Waals surface area contributed by atoms with Crippen molar-refractivity contribution in [3.63, 3.8) is 0 Å². The lowest BCUT2D eigenvalue weighted by molar-refractivity contribution is 0.120. The van der Waals surface area contributed by atoms with Crippen LogP contribution >= 0.6 is 0 Å². The molecular weight excluding hydrogens is 412 g/mol. The van der Waals surface area contributed by atoms with Crippen molar-refractivity contribution in [2.24, 2.45) is 0 Å². The van der Waals surface area contributed by atoms with Crippen LogP contribution in [0.15, 0.2) is 67.0 Å². The van der Waals surface area contributed by atoms with Gasteiger partial charge in [0, 0.05) is 46.0 Å². The van der Waals surface area contributed by atoms with Gasteiger partial charge in [0.1, 0.15) is 5.75 Å². The molecule has 1 aliphatic heterocycles. The highest BCUT2D eigenvalue weighted by atomic mass is 16.7. The third-order valence-corrected chi connectivity index (χ3v) is 5.66. The number of para-hydroxylation sites is 1. The summed E-state index contributed by atoms with van der Waals surface area (Å²) in [5.74, 6) is 0.456. The summed E-state index contributed by atoms with van der Waals surface area (Å²) >= 11 is 0. The van der Waals surface area contributed by atoms with Gasteiger partial charge in [-0.3, -0.25) is 0 Å². The number of allylic oxidation sites excluding steroid dienone is 1. The number of nitrogens with one attached hydrogen (secondary N) is 2. The van der Waals surface area contributed by atoms with Gasteiger partial charge in [-0.15, -0.1) is 0 Å². The van der Waals surface area contributed by atoms with E-state index in [2.05, 4.69) is 71.4 Å². The third-order valence-electron chi connectivity index (χ3n) is 5.66. The van der Waals surface area contributed by atoms with Crippen LogP contribution in [0.25, 0.3) is 5.57 Å². The molecule has 0 atom stereocenters. The summed E-state index contributed by atoms with van der Waals surface area (Å²) in [4.78, 5) is 12.0. The van der Waals surface area contributed by atoms with Crippen LogP contribution in [0.4, 0.5) is 16.2 Å². The number of rotatable bonds is 4. The first-order valence-corrected chi connectivity index (χ1v) is 11.0. The maximum Gasteiger partial charge on any atom is 0.513 e. The Balaban J connectivity index is 2.05. The van der Waals surface area contributed by atoms with E-state index in [1.54, 1.807) is 0 Å². The minimum absolute atomic E-state index is 0.171. The van der Waals surface area contributed by atoms with E-state index in [4.69, 9.17) is 9.47 Å². The Labute approximate surface area is 197 Å². The number of anilines is 2. The molecule has 2 aromatic carbocycles. The number of hydrogen-bond acceptors (Lipinski definition) is 5. The van der Waals surface area contributed by atoms with Gasteiger partial charge in [-0.2, -0.15) is 0 Å². The van der Waals surface area contributed by atoms with Crippen molar-refractivity contribution in [2.45, 2.75) is 52.4 Å². The summed E-state index contributed by atoms with van der Waals surface area (Å²) in [6, 6.07) is 12.0. The largest absolute Gasteiger partial charge is 0.513 e. The number of methoxy groups -OCH3 is 1. The van der Waals surface area contributed by atoms with E-state index in [-0.39, 0.29) is 10.8 Å². The smallest absolute Gasteiger partial charge is 0.437 e. The van der Waals surface area contributed by atoms with Gasteiger partial charge in [0.2, 0.25) is 0 Å². The summed E-state index contributed by atoms with van der Waals surface area (Å²) in [7, 11) is 1.30. The SMILES string of the molecule is C=C(Nc1cc(OC(=O)OC)c(C(C)(C)C)cc1C(C)(C)C)C1=CNc2ccccc2C1=C. The molecular formula is C28H34N2O3. The maximum atomic E-state index is 12.0. The number of hydrogen-bond donors (Lipinski definition) is 2. The predicted octanol–water partition coefficient (Wildman–Crippen LogP) is 7.38. The second-order valence-electron chi connectivity index (χ2n) is 10.3. The second kappa shape index (κ2) is 8.81. The third kappa shape index (κ3) is 5.14. The Kier molecular flexibility index (Phi) is 6.46. The van der Waals surface area contributed by atoms with Crippen molar-refractivity contribution >= 4 is 23.1 Å². The fourth-order valence-electron chi connectivity index (χ4n) is 3.86. The molecule has 1 aliphatic rings. The summed E-state index contributed by atoms with van der Waals surface area (Å²) in [5.41, 5.74) is 6.91. The standard InChI is InChI=1S/C28H34N2O3/c1-17-19-12-10-11-13-23(19)29-16-20(17)18(2)30-24-15-25(33-26(31)32-9)22(28(6,7)8)14-21(24)27(3,4)5/h10-16,29-30H,1-2H2,3-9H3. The van der Waals surface area contributed by atoms with Gasteiger partial charge in [0.25, 0.3) is 0 Å². The van der Waals surface area contributed by atoms with Crippen molar-refractivity contribution in [1.29, 1.82) is 0 Å². The lowest BCUT2D eigenvalue weighted by Gasteiger charge is -2.30. The van der Waals surface area contributed by atoms with Crippen molar-refractivity contribution < 1.29 is 14.3 Å². The van der Waals surface area contributed by atoms with Crippen LogP contribution in [-0.2, 0) is 15.6 Å². The molecule has 2 aromatic rings. The van der Waals surface area contributed by atoms with E-state index >= 15 is 0 Å². The van der Waals surface area contributed by atoms with Crippen LogP contribution in [0.5, 0.6) is 5.75 Å². The maximum absolute atomic E-state index is 12.0. The van der Waals surface area contributed by atoms with Gasteiger partial charge in [-0.05, 0) is 34.1 Å². The number of carbonyl (C=O) groups excluding carboxylic acids is 1. The van der Waals surface area contributed by atoms with Crippen LogP contribution < -0.4 is 15.4 Å². The summed E-state index contributed by atoms with van der Waals surface area (Å²) in [6.45, 7) is 21.3. The van der Waals surface area contributed by atoms with E-state index in [9.17, 15) is 4.79 Å². The lowest BCUT2D eigenvalue weighted by Crippen LogP contribution is -2.21. The Morgan fingerprint density at radius 3 is 2.24 bits per heavy atom. The average Bonchev–Trinajstić information content (AvgIpc) is 2.72. The Morgan fingerprint density at radius 1 is 1.00 bits per heavy atom. The van der Waals surface area contributed by atoms with Crippen LogP contribution in [0.3, 0.4) is 0 Å². The van der Waals surface area contributed by atoms with Gasteiger partial charge in [-0.1, -0.05) is 72.9 Å². The van der Waals surface area contributed by atoms with Crippen molar-refractivity contribution in [3.05, 3.63) is 83.7 Å². The summed E-state index contributed by atoms with van der Waals surface area (Å²) < 4.78 is 10.3. The fourth-order valence-corrected chi connectivity index (χ4v) is 3.86. The monoisotopic (exact) mass is 446 g/mol. The average molecular weight is 447 g/mol. The van der Waals surface area contributed by atoms with Gasteiger partial charge in [0.15, 0.2) is 0 Å². The molecule has 0 saturated carbocycles. The van der Waals surface area contributed by atoms with Gasteiger partial charge in [-0.25, -0.2) is 4.79 Å². The zero-order valence-corrected chi connectivity index (χ0v) is 20.7. The molecule has 0 fully saturated rings. The van der Waals surface area contributed by atoms with Crippen LogP contribution in [-0.4, -0.2) is 13.3 Å². The zero-order chi connectivity index (χ0) is 24.6. The van der Waals surface area contributed by atoms with Crippen molar-refractivity contribution in [2.75, 3.05) is 17.7 Å². The van der Waals surface area contributed by atoms with Crippen molar-refractivity contribution in [3.8, 4) is 5.75 Å². The molecule has 0 spiro atoms. The molecule has 0 aliphatic carbocycles. The number of fused-ring (bicyclic) bond motifs is 1. The first kappa shape index (κ1) is 24.2. The molecule has 2 N–H and O–H groups in total. The van der Waals surface area contributed by atoms with Crippen LogP contribution in [0.2, 0.25) is 0 Å². The van der Waals surface area contributed by atoms with Crippen LogP contribution in [0, 0.1) is 0 Å². The quantitative estimate of drug-likeness (QED) is 0.379. The zero-order valence-electron chi connectivity index (χ0n) is 20.7. The molecule has 5 nitrogen and oxygen atoms in total. The Hall–Kier alpha value is -3.47. The molecule has 0 unspecified atom stereocenters. The van der Waals surface area contributed by atoms with Crippen LogP contribution in [0.1, 0.15) is 58.2 Å². The number of benzene rings is 2. The van der Waals surface area contributed by atoms with E-state index < -0.39 is 6.16 Å². The highest BCUT2D eigenvalue weighted by molar-refractivity contribution is 5.92. The topological polar surface area (TPSA) is 59.6 Å². The fraction of sp³-hybridized carbons (Fsp3) is 0.321. The molecule has 0 radical (unpaired) electrons. The molecule has 33 heavy (non-hydrogen) atoms. The molecule has 1 heterocycles. The molecule has 0 aromatic heterocycles. The second-order valence-corrected chi connectivity index (χ2v) is 10.3. The number of carbonyl (C=O) groups is 1. The summed E-state index contributed by atoms with van der Waals surface area (Å²) in [6.07, 6.45) is 1.16. The van der Waals surface area contributed by atoms with E-state index in [1.165, 1.54) is 7.11 Å². The molecule has 0 saturated heterocycles. The molecule has 0 bridgehead atoms. The number of ether oxygens (including phenoxy) is 2. The molecule has 5 heteroatoms. The molecule has 174 valence electrons. The van der Waals surface area contributed by atoms with Gasteiger partial charge < -0.3 is 20.1 Å². The Bertz CT molecular complexity index is 1140. The predicted molar refractivity (Wildman–Crippen MR) is 137 cm³/mol. The normalized spacial score (nSPS) is 13.4. The van der Waals surface area contributed by atoms with E-state index in [1.807, 2.05) is 36.5 Å². The first-order valence-electron chi connectivity index (χ1n) is 11.0. The molecule has 3 rings (SSSR count). The van der Waals surface area contributed by atoms with Crippen molar-refractivity contribution in [1.82, 2.24) is 0 Å². The minimum Gasteiger partial charge on any atom is -0.437 e. The highest BCUT2D eigenvalue weighted by Gasteiger charge is 2.28. The minimum atomic E-state index is -0.752. The van der Waals surface area contributed by atoms with E-state index in [0.29, 0.717) is 11.4 Å². The summed E-state index contributed by atoms with van der Waals surface area (Å²) in [5, 5.41) is 6.78. The lowest BCUT2D eigenvalue weighted by atomic mass is 9.79. The highest BCUT2D eigenvalue weighted by Crippen LogP contribution is 2.42. The molecule has 0 amide bonds. The van der Waals surface area contributed by atoms with E-state index in [0.717, 1.165) is 39.2 Å².